The molecule has 1 unspecified atom stereocenters. The summed E-state index contributed by atoms with van der Waals surface area (Å²) in [5.41, 5.74) is 1.09. The lowest BCUT2D eigenvalue weighted by Gasteiger charge is -2.26. The van der Waals surface area contributed by atoms with E-state index in [0.717, 1.165) is 24.2 Å². The lowest BCUT2D eigenvalue weighted by atomic mass is 10.0. The Morgan fingerprint density at radius 2 is 2.04 bits per heavy atom. The Kier molecular flexibility index (Phi) is 7.28. The van der Waals surface area contributed by atoms with Gasteiger partial charge in [0.05, 0.1) is 13.2 Å². The van der Waals surface area contributed by atoms with Crippen molar-refractivity contribution in [3.05, 3.63) is 52.2 Å². The highest BCUT2D eigenvalue weighted by Gasteiger charge is 2.18. The molecular weight excluding hydrogens is 320 g/mol. The highest BCUT2D eigenvalue weighted by atomic mass is 32.1. The van der Waals surface area contributed by atoms with Gasteiger partial charge in [-0.25, -0.2) is 0 Å². The van der Waals surface area contributed by atoms with Crippen LogP contribution in [-0.4, -0.2) is 38.6 Å². The van der Waals surface area contributed by atoms with Crippen molar-refractivity contribution >= 4 is 17.2 Å². The van der Waals surface area contributed by atoms with Gasteiger partial charge in [-0.2, -0.15) is 0 Å². The van der Waals surface area contributed by atoms with Crippen LogP contribution in [0, 0.1) is 0 Å². The predicted octanol–water partition coefficient (Wildman–Crippen LogP) is 3.50. The number of amides is 1. The molecule has 0 saturated carbocycles. The number of methoxy groups -OCH3 is 1. The molecule has 1 amide bonds. The molecule has 0 aliphatic heterocycles. The van der Waals surface area contributed by atoms with Crippen LogP contribution in [0.5, 0.6) is 5.75 Å². The third-order valence-corrected chi connectivity index (χ3v) is 4.96. The summed E-state index contributed by atoms with van der Waals surface area (Å²) in [5.74, 6) is 0.955. The monoisotopic (exact) mass is 346 g/mol. The molecule has 0 aliphatic carbocycles. The molecule has 5 heteroatoms. The second kappa shape index (κ2) is 9.45. The Bertz CT molecular complexity index is 626. The van der Waals surface area contributed by atoms with E-state index in [4.69, 9.17) is 4.74 Å². The summed E-state index contributed by atoms with van der Waals surface area (Å²) in [6.07, 6.45) is 2.41. The lowest BCUT2D eigenvalue weighted by Crippen LogP contribution is -2.34. The fourth-order valence-electron chi connectivity index (χ4n) is 2.69. The summed E-state index contributed by atoms with van der Waals surface area (Å²) in [4.78, 5) is 15.6. The van der Waals surface area contributed by atoms with Crippen LogP contribution in [-0.2, 0) is 11.2 Å². The minimum Gasteiger partial charge on any atom is -0.496 e. The number of carbonyl (C=O) groups excluding carboxylic acids is 1. The van der Waals surface area contributed by atoms with Crippen molar-refractivity contribution in [2.75, 3.05) is 27.7 Å². The van der Waals surface area contributed by atoms with Gasteiger partial charge in [-0.05, 0) is 44.4 Å². The van der Waals surface area contributed by atoms with Crippen LogP contribution in [0.2, 0.25) is 0 Å². The Morgan fingerprint density at radius 3 is 2.71 bits per heavy atom. The summed E-state index contributed by atoms with van der Waals surface area (Å²) >= 11 is 1.75. The fourth-order valence-corrected chi connectivity index (χ4v) is 3.44. The van der Waals surface area contributed by atoms with Crippen molar-refractivity contribution in [2.45, 2.75) is 25.3 Å². The maximum absolute atomic E-state index is 12.1. The molecule has 2 aromatic rings. The zero-order valence-electron chi connectivity index (χ0n) is 14.6. The number of benzene rings is 1. The number of para-hydroxylation sites is 1. The SMILES string of the molecule is COc1ccccc1C(CNC(=O)CCCc1cccs1)N(C)C. The first-order valence-electron chi connectivity index (χ1n) is 8.20. The van der Waals surface area contributed by atoms with E-state index in [1.165, 1.54) is 4.88 Å². The number of nitrogens with zero attached hydrogens (tertiary/aromatic N) is 1. The van der Waals surface area contributed by atoms with Crippen LogP contribution in [0.4, 0.5) is 0 Å². The quantitative estimate of drug-likeness (QED) is 0.755. The molecule has 2 rings (SSSR count). The molecule has 0 bridgehead atoms. The number of rotatable bonds is 9. The lowest BCUT2D eigenvalue weighted by molar-refractivity contribution is -0.121. The third kappa shape index (κ3) is 5.35. The van der Waals surface area contributed by atoms with E-state index in [9.17, 15) is 4.79 Å². The second-order valence-corrected chi connectivity index (χ2v) is 6.99. The number of thiophene rings is 1. The van der Waals surface area contributed by atoms with Crippen molar-refractivity contribution in [1.29, 1.82) is 0 Å². The highest BCUT2D eigenvalue weighted by Crippen LogP contribution is 2.27. The topological polar surface area (TPSA) is 41.6 Å². The number of ether oxygens (including phenoxy) is 1. The standard InChI is InChI=1S/C19H26N2O2S/c1-21(2)17(16-10-4-5-11-18(16)23-3)14-20-19(22)12-6-8-15-9-7-13-24-15/h4-5,7,9-11,13,17H,6,8,12,14H2,1-3H3,(H,20,22). The van der Waals surface area contributed by atoms with E-state index in [0.29, 0.717) is 13.0 Å². The summed E-state index contributed by atoms with van der Waals surface area (Å²) < 4.78 is 5.45. The first-order valence-corrected chi connectivity index (χ1v) is 9.08. The van der Waals surface area contributed by atoms with Gasteiger partial charge in [0, 0.05) is 23.4 Å². The van der Waals surface area contributed by atoms with Gasteiger partial charge in [0.15, 0.2) is 0 Å². The van der Waals surface area contributed by atoms with Crippen LogP contribution in [0.1, 0.15) is 29.3 Å². The van der Waals surface area contributed by atoms with Gasteiger partial charge in [-0.3, -0.25) is 4.79 Å². The van der Waals surface area contributed by atoms with Crippen molar-refractivity contribution in [2.24, 2.45) is 0 Å². The summed E-state index contributed by atoms with van der Waals surface area (Å²) in [6, 6.07) is 12.2. The van der Waals surface area contributed by atoms with Crippen molar-refractivity contribution < 1.29 is 9.53 Å². The van der Waals surface area contributed by atoms with Gasteiger partial charge >= 0.3 is 0 Å². The first-order chi connectivity index (χ1) is 11.6. The number of aryl methyl sites for hydroxylation is 1. The minimum atomic E-state index is 0.0856. The maximum Gasteiger partial charge on any atom is 0.220 e. The van der Waals surface area contributed by atoms with E-state index in [1.807, 2.05) is 38.4 Å². The summed E-state index contributed by atoms with van der Waals surface area (Å²) in [7, 11) is 5.70. The molecule has 0 saturated heterocycles. The predicted molar refractivity (Wildman–Crippen MR) is 99.7 cm³/mol. The molecule has 1 atom stereocenters. The Hall–Kier alpha value is -1.85. The van der Waals surface area contributed by atoms with Crippen LogP contribution < -0.4 is 10.1 Å². The largest absolute Gasteiger partial charge is 0.496 e. The number of carbonyl (C=O) groups is 1. The third-order valence-electron chi connectivity index (χ3n) is 4.02. The molecule has 0 radical (unpaired) electrons. The number of hydrogen-bond donors (Lipinski definition) is 1. The van der Waals surface area contributed by atoms with E-state index in [2.05, 4.69) is 27.7 Å². The smallest absolute Gasteiger partial charge is 0.220 e. The number of nitrogens with one attached hydrogen (secondary N) is 1. The van der Waals surface area contributed by atoms with Gasteiger partial charge in [0.2, 0.25) is 5.91 Å². The summed E-state index contributed by atoms with van der Waals surface area (Å²) in [5, 5.41) is 5.13. The minimum absolute atomic E-state index is 0.0856. The van der Waals surface area contributed by atoms with Gasteiger partial charge < -0.3 is 15.0 Å². The van der Waals surface area contributed by atoms with Crippen molar-refractivity contribution in [3.63, 3.8) is 0 Å². The Balaban J connectivity index is 1.85. The van der Waals surface area contributed by atoms with Crippen molar-refractivity contribution in [1.82, 2.24) is 10.2 Å². The van der Waals surface area contributed by atoms with Gasteiger partial charge in [0.25, 0.3) is 0 Å². The number of likely N-dealkylation sites (N-methyl/N-ethyl adjacent to an activating group) is 1. The molecule has 24 heavy (non-hydrogen) atoms. The van der Waals surface area contributed by atoms with Crippen LogP contribution >= 0.6 is 11.3 Å². The summed E-state index contributed by atoms with van der Waals surface area (Å²) in [6.45, 7) is 0.575. The molecule has 4 nitrogen and oxygen atoms in total. The van der Waals surface area contributed by atoms with Gasteiger partial charge in [0.1, 0.15) is 5.75 Å². The van der Waals surface area contributed by atoms with E-state index in [1.54, 1.807) is 18.4 Å². The molecule has 1 aromatic heterocycles. The number of hydrogen-bond acceptors (Lipinski definition) is 4. The average Bonchev–Trinajstić information content (AvgIpc) is 3.08. The normalized spacial score (nSPS) is 12.2. The molecular formula is C19H26N2O2S. The van der Waals surface area contributed by atoms with Gasteiger partial charge in [-0.1, -0.05) is 24.3 Å². The highest BCUT2D eigenvalue weighted by molar-refractivity contribution is 7.09. The van der Waals surface area contributed by atoms with E-state index >= 15 is 0 Å². The van der Waals surface area contributed by atoms with Crippen molar-refractivity contribution in [3.8, 4) is 5.75 Å². The molecule has 0 aliphatic rings. The molecule has 1 aromatic carbocycles. The fraction of sp³-hybridized carbons (Fsp3) is 0.421. The zero-order valence-corrected chi connectivity index (χ0v) is 15.4. The van der Waals surface area contributed by atoms with Crippen LogP contribution in [0.25, 0.3) is 0 Å². The Morgan fingerprint density at radius 1 is 1.25 bits per heavy atom. The van der Waals surface area contributed by atoms with Crippen LogP contribution in [0.3, 0.4) is 0 Å². The Labute approximate surface area is 148 Å². The van der Waals surface area contributed by atoms with E-state index in [-0.39, 0.29) is 11.9 Å². The first kappa shape index (κ1) is 18.5. The second-order valence-electron chi connectivity index (χ2n) is 5.96. The maximum atomic E-state index is 12.1. The molecule has 0 spiro atoms. The van der Waals surface area contributed by atoms with Crippen LogP contribution in [0.15, 0.2) is 41.8 Å². The molecule has 1 heterocycles. The van der Waals surface area contributed by atoms with E-state index < -0.39 is 0 Å². The average molecular weight is 346 g/mol. The van der Waals surface area contributed by atoms with Gasteiger partial charge in [-0.15, -0.1) is 11.3 Å². The molecule has 1 N–H and O–H groups in total. The molecule has 130 valence electrons. The molecule has 0 fully saturated rings. The zero-order chi connectivity index (χ0) is 17.4.